The van der Waals surface area contributed by atoms with E-state index in [9.17, 15) is 0 Å². The van der Waals surface area contributed by atoms with Gasteiger partial charge in [-0.15, -0.1) is 0 Å². The van der Waals surface area contributed by atoms with E-state index in [0.29, 0.717) is 23.8 Å². The third-order valence-corrected chi connectivity index (χ3v) is 3.21. The van der Waals surface area contributed by atoms with E-state index in [2.05, 4.69) is 20.4 Å². The van der Waals surface area contributed by atoms with Gasteiger partial charge >= 0.3 is 0 Å². The Labute approximate surface area is 127 Å². The van der Waals surface area contributed by atoms with Crippen LogP contribution in [0.2, 0.25) is 0 Å². The molecule has 0 aliphatic carbocycles. The molecule has 0 spiro atoms. The molecule has 0 radical (unpaired) electrons. The molecule has 0 aliphatic heterocycles. The van der Waals surface area contributed by atoms with Crippen LogP contribution in [0.3, 0.4) is 0 Å². The summed E-state index contributed by atoms with van der Waals surface area (Å²) in [5.74, 6) is 6.75. The van der Waals surface area contributed by atoms with Gasteiger partial charge in [-0.1, -0.05) is 6.07 Å². The zero-order chi connectivity index (χ0) is 15.5. The summed E-state index contributed by atoms with van der Waals surface area (Å²) < 4.78 is 5.58. The summed E-state index contributed by atoms with van der Waals surface area (Å²) in [6.07, 6.45) is 1.70. The minimum Gasteiger partial charge on any atom is -0.478 e. The Morgan fingerprint density at radius 2 is 2.09 bits per heavy atom. The monoisotopic (exact) mass is 296 g/mol. The first kappa shape index (κ1) is 14.0. The average molecular weight is 296 g/mol. The topological polar surface area (TPSA) is 112 Å². The molecular weight excluding hydrogens is 280 g/mol. The van der Waals surface area contributed by atoms with Crippen molar-refractivity contribution in [2.75, 3.05) is 17.8 Å². The van der Waals surface area contributed by atoms with Crippen molar-refractivity contribution in [1.29, 1.82) is 0 Å². The van der Waals surface area contributed by atoms with Crippen molar-refractivity contribution in [3.63, 3.8) is 0 Å². The summed E-state index contributed by atoms with van der Waals surface area (Å²) in [5.41, 5.74) is 10.8. The Bertz CT molecular complexity index is 820. The second kappa shape index (κ2) is 5.82. The predicted octanol–water partition coefficient (Wildman–Crippen LogP) is 1.96. The highest BCUT2D eigenvalue weighted by Crippen LogP contribution is 2.31. The van der Waals surface area contributed by atoms with Crippen molar-refractivity contribution in [3.8, 4) is 17.0 Å². The van der Waals surface area contributed by atoms with Gasteiger partial charge in [0.1, 0.15) is 0 Å². The molecule has 0 aliphatic rings. The number of anilines is 2. The molecule has 2 heterocycles. The predicted molar refractivity (Wildman–Crippen MR) is 86.2 cm³/mol. The highest BCUT2D eigenvalue weighted by molar-refractivity contribution is 5.93. The third-order valence-electron chi connectivity index (χ3n) is 3.21. The number of nitrogen functional groups attached to an aromatic ring is 2. The van der Waals surface area contributed by atoms with Gasteiger partial charge < -0.3 is 15.9 Å². The first-order valence-electron chi connectivity index (χ1n) is 6.85. The quantitative estimate of drug-likeness (QED) is 0.498. The van der Waals surface area contributed by atoms with E-state index >= 15 is 0 Å². The van der Waals surface area contributed by atoms with Gasteiger partial charge in [0.05, 0.1) is 12.1 Å². The molecule has 5 N–H and O–H groups in total. The normalized spacial score (nSPS) is 10.6. The molecule has 112 valence electrons. The first-order chi connectivity index (χ1) is 10.7. The van der Waals surface area contributed by atoms with E-state index in [1.54, 1.807) is 6.20 Å². The third kappa shape index (κ3) is 2.49. The molecule has 0 bridgehead atoms. The summed E-state index contributed by atoms with van der Waals surface area (Å²) in [5, 5.41) is 0.778. The summed E-state index contributed by atoms with van der Waals surface area (Å²) >= 11 is 0. The fraction of sp³-hybridized carbons (Fsp3) is 0.133. The lowest BCUT2D eigenvalue weighted by Crippen LogP contribution is -2.11. The number of nitrogens with two attached hydrogens (primary N) is 2. The Kier molecular flexibility index (Phi) is 3.71. The second-order valence-corrected chi connectivity index (χ2v) is 4.60. The van der Waals surface area contributed by atoms with Gasteiger partial charge in [0.25, 0.3) is 0 Å². The van der Waals surface area contributed by atoms with Crippen molar-refractivity contribution < 1.29 is 4.74 Å². The maximum atomic E-state index is 5.67. The maximum Gasteiger partial charge on any atom is 0.222 e. The van der Waals surface area contributed by atoms with Crippen LogP contribution in [-0.2, 0) is 0 Å². The standard InChI is InChI=1S/C15H16N6O/c1-2-22-14-10(4-3-7-18-14)9-5-6-12-11(8-9)13(21-17)20-15(16)19-12/h3-8H,2,17H2,1H3,(H3,16,19,20,21). The molecule has 0 atom stereocenters. The molecule has 0 saturated heterocycles. The Hall–Kier alpha value is -2.93. The largest absolute Gasteiger partial charge is 0.478 e. The van der Waals surface area contributed by atoms with Gasteiger partial charge in [-0.25, -0.2) is 15.8 Å². The minimum atomic E-state index is 0.171. The van der Waals surface area contributed by atoms with Crippen LogP contribution in [0.1, 0.15) is 6.92 Å². The van der Waals surface area contributed by atoms with E-state index in [1.807, 2.05) is 37.3 Å². The van der Waals surface area contributed by atoms with Crippen LogP contribution in [0.25, 0.3) is 22.0 Å². The summed E-state index contributed by atoms with van der Waals surface area (Å²) in [6.45, 7) is 2.47. The van der Waals surface area contributed by atoms with Crippen LogP contribution in [-0.4, -0.2) is 21.6 Å². The van der Waals surface area contributed by atoms with Crippen molar-refractivity contribution in [2.45, 2.75) is 6.92 Å². The summed E-state index contributed by atoms with van der Waals surface area (Å²) in [7, 11) is 0. The van der Waals surface area contributed by atoms with E-state index in [1.165, 1.54) is 0 Å². The van der Waals surface area contributed by atoms with Crippen LogP contribution < -0.4 is 21.7 Å². The van der Waals surface area contributed by atoms with Gasteiger partial charge in [-0.05, 0) is 36.8 Å². The van der Waals surface area contributed by atoms with Gasteiger partial charge in [0.15, 0.2) is 5.82 Å². The fourth-order valence-electron chi connectivity index (χ4n) is 2.29. The molecule has 22 heavy (non-hydrogen) atoms. The molecule has 7 heteroatoms. The van der Waals surface area contributed by atoms with Crippen LogP contribution in [0, 0.1) is 0 Å². The number of fused-ring (bicyclic) bond motifs is 1. The van der Waals surface area contributed by atoms with Crippen molar-refractivity contribution >= 4 is 22.7 Å². The molecule has 0 amide bonds. The van der Waals surface area contributed by atoms with Crippen molar-refractivity contribution in [2.24, 2.45) is 5.84 Å². The number of hydrazine groups is 1. The average Bonchev–Trinajstić information content (AvgIpc) is 2.54. The number of hydrogen-bond donors (Lipinski definition) is 3. The molecular formula is C15H16N6O. The number of ether oxygens (including phenoxy) is 1. The van der Waals surface area contributed by atoms with Gasteiger partial charge in [-0.2, -0.15) is 4.98 Å². The second-order valence-electron chi connectivity index (χ2n) is 4.60. The lowest BCUT2D eigenvalue weighted by molar-refractivity contribution is 0.328. The van der Waals surface area contributed by atoms with Crippen LogP contribution in [0.4, 0.5) is 11.8 Å². The molecule has 1 aromatic carbocycles. The van der Waals surface area contributed by atoms with E-state index in [0.717, 1.165) is 16.5 Å². The van der Waals surface area contributed by atoms with Crippen molar-refractivity contribution in [1.82, 2.24) is 15.0 Å². The Morgan fingerprint density at radius 1 is 1.23 bits per heavy atom. The van der Waals surface area contributed by atoms with Gasteiger partial charge in [-0.3, -0.25) is 0 Å². The van der Waals surface area contributed by atoms with Crippen LogP contribution >= 0.6 is 0 Å². The Balaban J connectivity index is 2.19. The number of aromatic nitrogens is 3. The smallest absolute Gasteiger partial charge is 0.222 e. The first-order valence-corrected chi connectivity index (χ1v) is 6.85. The van der Waals surface area contributed by atoms with Gasteiger partial charge in [0.2, 0.25) is 11.8 Å². The number of nitrogens with one attached hydrogen (secondary N) is 1. The van der Waals surface area contributed by atoms with E-state index in [4.69, 9.17) is 16.3 Å². The molecule has 7 nitrogen and oxygen atoms in total. The SMILES string of the molecule is CCOc1ncccc1-c1ccc2nc(N)nc(NN)c2c1. The highest BCUT2D eigenvalue weighted by Gasteiger charge is 2.11. The number of benzene rings is 1. The summed E-state index contributed by atoms with van der Waals surface area (Å²) in [6, 6.07) is 9.56. The minimum absolute atomic E-state index is 0.171. The Morgan fingerprint density at radius 3 is 2.86 bits per heavy atom. The molecule has 0 saturated carbocycles. The lowest BCUT2D eigenvalue weighted by atomic mass is 10.0. The van der Waals surface area contributed by atoms with E-state index < -0.39 is 0 Å². The lowest BCUT2D eigenvalue weighted by Gasteiger charge is -2.11. The molecule has 0 unspecified atom stereocenters. The van der Waals surface area contributed by atoms with Crippen molar-refractivity contribution in [3.05, 3.63) is 36.5 Å². The molecule has 3 rings (SSSR count). The molecule has 0 fully saturated rings. The number of nitrogens with zero attached hydrogens (tertiary/aromatic N) is 3. The zero-order valence-electron chi connectivity index (χ0n) is 12.1. The molecule has 3 aromatic rings. The van der Waals surface area contributed by atoms with Gasteiger partial charge in [0, 0.05) is 17.1 Å². The summed E-state index contributed by atoms with van der Waals surface area (Å²) in [4.78, 5) is 12.6. The van der Waals surface area contributed by atoms with E-state index in [-0.39, 0.29) is 5.95 Å². The maximum absolute atomic E-state index is 5.67. The molecule has 2 aromatic heterocycles. The number of hydrogen-bond acceptors (Lipinski definition) is 7. The fourth-order valence-corrected chi connectivity index (χ4v) is 2.29. The highest BCUT2D eigenvalue weighted by atomic mass is 16.5. The zero-order valence-corrected chi connectivity index (χ0v) is 12.1. The van der Waals surface area contributed by atoms with Crippen LogP contribution in [0.5, 0.6) is 5.88 Å². The number of pyridine rings is 1. The number of rotatable bonds is 4. The van der Waals surface area contributed by atoms with Crippen LogP contribution in [0.15, 0.2) is 36.5 Å².